The summed E-state index contributed by atoms with van der Waals surface area (Å²) in [4.78, 5) is 28.7. The fraction of sp³-hybridized carbons (Fsp3) is 0.182. The van der Waals surface area contributed by atoms with Crippen LogP contribution in [0.15, 0.2) is 84.9 Å². The van der Waals surface area contributed by atoms with Crippen molar-refractivity contribution in [1.29, 1.82) is 5.26 Å². The number of hydrogen-bond acceptors (Lipinski definition) is 5. The van der Waals surface area contributed by atoms with Crippen molar-refractivity contribution in [2.45, 2.75) is 26.8 Å². The summed E-state index contributed by atoms with van der Waals surface area (Å²) in [5.41, 5.74) is 6.35. The van der Waals surface area contributed by atoms with Gasteiger partial charge in [0.1, 0.15) is 11.1 Å². The number of nitrogens with zero attached hydrogens (tertiary/aromatic N) is 3. The van der Waals surface area contributed by atoms with Crippen LogP contribution in [0.5, 0.6) is 0 Å². The maximum atomic E-state index is 12.8. The van der Waals surface area contributed by atoms with Crippen molar-refractivity contribution >= 4 is 46.1 Å². The highest BCUT2D eigenvalue weighted by Crippen LogP contribution is 2.36. The quantitative estimate of drug-likeness (QED) is 0.259. The molecule has 202 valence electrons. The molecule has 4 aromatic rings. The number of anilines is 3. The molecular formula is C33H32N4O2S. The van der Waals surface area contributed by atoms with Gasteiger partial charge in [-0.25, -0.2) is 0 Å². The Kier molecular flexibility index (Phi) is 9.50. The number of para-hydroxylation sites is 2. The fourth-order valence-electron chi connectivity index (χ4n) is 4.61. The lowest BCUT2D eigenvalue weighted by atomic mass is 10.0. The summed E-state index contributed by atoms with van der Waals surface area (Å²) >= 11 is 1.38. The van der Waals surface area contributed by atoms with E-state index in [4.69, 9.17) is 0 Å². The molecule has 1 aromatic heterocycles. The van der Waals surface area contributed by atoms with Crippen LogP contribution < -0.4 is 10.2 Å². The molecule has 5 rings (SSSR count). The zero-order valence-corrected chi connectivity index (χ0v) is 23.7. The van der Waals surface area contributed by atoms with Gasteiger partial charge >= 0.3 is 0 Å². The summed E-state index contributed by atoms with van der Waals surface area (Å²) in [5, 5.41) is 13.0. The van der Waals surface area contributed by atoms with E-state index in [-0.39, 0.29) is 5.91 Å². The van der Waals surface area contributed by atoms with Crippen LogP contribution in [0.4, 0.5) is 16.4 Å². The molecule has 40 heavy (non-hydrogen) atoms. The maximum absolute atomic E-state index is 12.8. The number of thiophene rings is 1. The van der Waals surface area contributed by atoms with Gasteiger partial charge in [-0.15, -0.1) is 11.3 Å². The van der Waals surface area contributed by atoms with Crippen molar-refractivity contribution in [3.05, 3.63) is 118 Å². The van der Waals surface area contributed by atoms with Crippen molar-refractivity contribution in [1.82, 2.24) is 4.90 Å². The number of allylic oxidation sites excluding steroid dienone is 1. The van der Waals surface area contributed by atoms with Crippen LogP contribution in [-0.2, 0) is 17.8 Å². The van der Waals surface area contributed by atoms with Crippen molar-refractivity contribution in [2.24, 2.45) is 0 Å². The molecule has 2 amide bonds. The van der Waals surface area contributed by atoms with Gasteiger partial charge in [0.15, 0.2) is 0 Å². The van der Waals surface area contributed by atoms with Gasteiger partial charge in [0, 0.05) is 35.4 Å². The Hall–Kier alpha value is -4.67. The lowest BCUT2D eigenvalue weighted by Gasteiger charge is -2.22. The molecule has 0 saturated carbocycles. The Morgan fingerprint density at radius 2 is 1.68 bits per heavy atom. The smallest absolute Gasteiger partial charge is 0.256 e. The molecule has 2 heterocycles. The monoisotopic (exact) mass is 548 g/mol. The Bertz CT molecular complexity index is 1500. The predicted octanol–water partition coefficient (Wildman–Crippen LogP) is 7.18. The van der Waals surface area contributed by atoms with Gasteiger partial charge in [-0.2, -0.15) is 5.26 Å². The van der Waals surface area contributed by atoms with E-state index in [1.165, 1.54) is 22.7 Å². The van der Waals surface area contributed by atoms with E-state index < -0.39 is 0 Å². The first-order valence-electron chi connectivity index (χ1n) is 13.1. The molecule has 0 radical (unpaired) electrons. The Morgan fingerprint density at radius 3 is 2.25 bits per heavy atom. The molecule has 0 atom stereocenters. The van der Waals surface area contributed by atoms with Gasteiger partial charge in [0.05, 0.1) is 12.1 Å². The molecule has 3 aromatic carbocycles. The van der Waals surface area contributed by atoms with Gasteiger partial charge in [-0.1, -0.05) is 60.7 Å². The molecule has 0 unspecified atom stereocenters. The second kappa shape index (κ2) is 13.4. The van der Waals surface area contributed by atoms with E-state index in [2.05, 4.69) is 71.9 Å². The van der Waals surface area contributed by atoms with E-state index in [1.807, 2.05) is 50.3 Å². The van der Waals surface area contributed by atoms with E-state index in [0.29, 0.717) is 35.6 Å². The topological polar surface area (TPSA) is 76.4 Å². The average molecular weight is 549 g/mol. The summed E-state index contributed by atoms with van der Waals surface area (Å²) in [6.45, 7) is 4.96. The standard InChI is InChI=1S/C20H19N3O2S.C13H13N/c1-3-5-14-13(2)6-4-7-16(14)19(25)22-20-17(10-21)15-8-9-23(12-24)11-18(15)26-20;1-14(12-8-4-2-5-9-12)13-10-6-3-7-11-13/h3-7,12H,8-9,11H2,1-2H3,(H,22,25);2-11H,1H3/b5-3-;. The van der Waals surface area contributed by atoms with Crippen molar-refractivity contribution < 1.29 is 9.59 Å². The van der Waals surface area contributed by atoms with E-state index in [0.717, 1.165) is 28.0 Å². The lowest BCUT2D eigenvalue weighted by Crippen LogP contribution is -2.28. The van der Waals surface area contributed by atoms with Crippen molar-refractivity contribution in [3.8, 4) is 6.07 Å². The maximum Gasteiger partial charge on any atom is 0.256 e. The molecular weight excluding hydrogens is 516 g/mol. The number of carbonyl (C=O) groups is 2. The number of carbonyl (C=O) groups excluding carboxylic acids is 2. The third kappa shape index (κ3) is 6.48. The number of nitriles is 1. The van der Waals surface area contributed by atoms with Crippen LogP contribution in [0.2, 0.25) is 0 Å². The molecule has 1 aliphatic heterocycles. The molecule has 0 aliphatic carbocycles. The lowest BCUT2D eigenvalue weighted by molar-refractivity contribution is -0.118. The minimum absolute atomic E-state index is 0.232. The number of nitrogens with one attached hydrogen (secondary N) is 1. The van der Waals surface area contributed by atoms with Gasteiger partial charge in [-0.3, -0.25) is 9.59 Å². The van der Waals surface area contributed by atoms with Crippen LogP contribution in [0, 0.1) is 18.3 Å². The van der Waals surface area contributed by atoms with Gasteiger partial charge in [0.2, 0.25) is 6.41 Å². The first-order chi connectivity index (χ1) is 19.5. The van der Waals surface area contributed by atoms with Gasteiger partial charge < -0.3 is 15.1 Å². The number of aryl methyl sites for hydroxylation is 1. The highest BCUT2D eigenvalue weighted by molar-refractivity contribution is 7.16. The summed E-state index contributed by atoms with van der Waals surface area (Å²) in [5.74, 6) is -0.232. The first kappa shape index (κ1) is 28.3. The Labute approximate surface area is 239 Å². The summed E-state index contributed by atoms with van der Waals surface area (Å²) in [7, 11) is 2.07. The van der Waals surface area contributed by atoms with Crippen LogP contribution in [0.1, 0.15) is 44.4 Å². The minimum atomic E-state index is -0.232. The van der Waals surface area contributed by atoms with Crippen LogP contribution in [0.3, 0.4) is 0 Å². The van der Waals surface area contributed by atoms with E-state index in [1.54, 1.807) is 11.0 Å². The zero-order chi connectivity index (χ0) is 28.5. The first-order valence-corrected chi connectivity index (χ1v) is 13.9. The number of hydrogen-bond donors (Lipinski definition) is 1. The number of amides is 2. The summed E-state index contributed by atoms with van der Waals surface area (Å²) in [6, 6.07) is 28.5. The van der Waals surface area contributed by atoms with E-state index in [9.17, 15) is 14.9 Å². The third-order valence-electron chi connectivity index (χ3n) is 6.76. The normalized spacial score (nSPS) is 12.1. The zero-order valence-electron chi connectivity index (χ0n) is 22.9. The van der Waals surface area contributed by atoms with Crippen molar-refractivity contribution in [3.63, 3.8) is 0 Å². The van der Waals surface area contributed by atoms with Gasteiger partial charge in [-0.05, 0) is 67.3 Å². The molecule has 1 N–H and O–H groups in total. The molecule has 0 spiro atoms. The molecule has 0 bridgehead atoms. The predicted molar refractivity (Wildman–Crippen MR) is 164 cm³/mol. The SMILES string of the molecule is C/C=C\c1c(C)cccc1C(=O)Nc1sc2c(c1C#N)CCN(C=O)C2.CN(c1ccccc1)c1ccccc1. The second-order valence-corrected chi connectivity index (χ2v) is 10.5. The number of rotatable bonds is 6. The Morgan fingerprint density at radius 1 is 1.02 bits per heavy atom. The molecule has 0 saturated heterocycles. The molecule has 0 fully saturated rings. The average Bonchev–Trinajstić information content (AvgIpc) is 3.34. The van der Waals surface area contributed by atoms with E-state index >= 15 is 0 Å². The molecule has 6 nitrogen and oxygen atoms in total. The Balaban J connectivity index is 0.000000222. The highest BCUT2D eigenvalue weighted by atomic mass is 32.1. The summed E-state index contributed by atoms with van der Waals surface area (Å²) < 4.78 is 0. The third-order valence-corrected chi connectivity index (χ3v) is 7.90. The van der Waals surface area contributed by atoms with Crippen LogP contribution in [0.25, 0.3) is 6.08 Å². The minimum Gasteiger partial charge on any atom is -0.345 e. The number of benzene rings is 3. The largest absolute Gasteiger partial charge is 0.345 e. The van der Waals surface area contributed by atoms with Gasteiger partial charge in [0.25, 0.3) is 5.91 Å². The second-order valence-electron chi connectivity index (χ2n) is 9.37. The number of fused-ring (bicyclic) bond motifs is 1. The summed E-state index contributed by atoms with van der Waals surface area (Å²) in [6.07, 6.45) is 5.27. The van der Waals surface area contributed by atoms with Crippen molar-refractivity contribution in [2.75, 3.05) is 23.8 Å². The molecule has 7 heteroatoms. The van der Waals surface area contributed by atoms with Crippen LogP contribution >= 0.6 is 11.3 Å². The molecule has 1 aliphatic rings. The van der Waals surface area contributed by atoms with Crippen LogP contribution in [-0.4, -0.2) is 30.8 Å². The fourth-order valence-corrected chi connectivity index (χ4v) is 5.83. The highest BCUT2D eigenvalue weighted by Gasteiger charge is 2.25.